The second-order valence-corrected chi connectivity index (χ2v) is 8.29. The molecule has 1 aromatic heterocycles. The number of nitrogens with one attached hydrogen (secondary N) is 2. The van der Waals surface area contributed by atoms with Crippen LogP contribution in [0.5, 0.6) is 0 Å². The van der Waals surface area contributed by atoms with E-state index in [1.807, 2.05) is 72.8 Å². The highest BCUT2D eigenvalue weighted by Crippen LogP contribution is 2.45. The second-order valence-electron chi connectivity index (χ2n) is 8.29. The molecule has 0 amide bonds. The molecule has 0 spiro atoms. The third kappa shape index (κ3) is 4.16. The maximum Gasteiger partial charge on any atom is 0.287 e. The Morgan fingerprint density at radius 2 is 1.06 bits per heavy atom. The fraction of sp³-hybridized carbons (Fsp3) is 0.100. The maximum absolute atomic E-state index is 14.8. The fourth-order valence-electron chi connectivity index (χ4n) is 4.72. The smallest absolute Gasteiger partial charge is 0.287 e. The number of rotatable bonds is 8. The van der Waals surface area contributed by atoms with Gasteiger partial charge in [-0.2, -0.15) is 4.39 Å². The molecule has 0 aliphatic heterocycles. The molecule has 34 heavy (non-hydrogen) atoms. The van der Waals surface area contributed by atoms with Gasteiger partial charge in [-0.3, -0.25) is 0 Å². The van der Waals surface area contributed by atoms with E-state index in [1.165, 1.54) is 5.56 Å². The Morgan fingerprint density at radius 3 is 1.53 bits per heavy atom. The van der Waals surface area contributed by atoms with Crippen molar-refractivity contribution in [1.82, 2.24) is 15.3 Å². The van der Waals surface area contributed by atoms with E-state index in [0.29, 0.717) is 18.8 Å². The molecule has 2 N–H and O–H groups in total. The zero-order valence-electron chi connectivity index (χ0n) is 18.8. The van der Waals surface area contributed by atoms with Crippen LogP contribution in [0.3, 0.4) is 0 Å². The van der Waals surface area contributed by atoms with Crippen LogP contribution >= 0.6 is 0 Å². The molecule has 168 valence electrons. The number of hydrogen-bond donors (Lipinski definition) is 2. The van der Waals surface area contributed by atoms with Crippen LogP contribution in [0.1, 0.15) is 33.6 Å². The Kier molecular flexibility index (Phi) is 6.32. The molecular weight excluding hydrogens is 421 g/mol. The number of halogens is 1. The van der Waals surface area contributed by atoms with Crippen LogP contribution in [0.15, 0.2) is 121 Å². The molecule has 0 atom stereocenters. The van der Waals surface area contributed by atoms with E-state index in [1.54, 1.807) is 0 Å². The highest BCUT2D eigenvalue weighted by molar-refractivity contribution is 5.59. The fourth-order valence-corrected chi connectivity index (χ4v) is 4.72. The molecule has 5 aromatic rings. The number of imidazole rings is 1. The van der Waals surface area contributed by atoms with Crippen molar-refractivity contribution in [2.24, 2.45) is 0 Å². The minimum atomic E-state index is -0.783. The van der Waals surface area contributed by atoms with E-state index in [0.717, 1.165) is 22.4 Å². The molecule has 0 saturated carbocycles. The molecule has 3 nitrogen and oxygen atoms in total. The molecule has 4 heteroatoms. The van der Waals surface area contributed by atoms with Crippen LogP contribution in [-0.2, 0) is 18.5 Å². The lowest BCUT2D eigenvalue weighted by Crippen LogP contribution is -2.33. The number of benzene rings is 4. The Bertz CT molecular complexity index is 1220. The predicted octanol–water partition coefficient (Wildman–Crippen LogP) is 6.22. The van der Waals surface area contributed by atoms with E-state index in [9.17, 15) is 4.39 Å². The Hall–Kier alpha value is -4.02. The van der Waals surface area contributed by atoms with E-state index in [2.05, 4.69) is 63.8 Å². The number of aromatic amines is 1. The quantitative estimate of drug-likeness (QED) is 0.277. The van der Waals surface area contributed by atoms with Gasteiger partial charge in [-0.1, -0.05) is 121 Å². The summed E-state index contributed by atoms with van der Waals surface area (Å²) in [4.78, 5) is 7.38. The maximum atomic E-state index is 14.8. The first kappa shape index (κ1) is 21.8. The summed E-state index contributed by atoms with van der Waals surface area (Å²) in [7, 11) is 0. The third-order valence-corrected chi connectivity index (χ3v) is 6.20. The third-order valence-electron chi connectivity index (χ3n) is 6.20. The van der Waals surface area contributed by atoms with Crippen LogP contribution < -0.4 is 5.32 Å². The highest BCUT2D eigenvalue weighted by Gasteiger charge is 2.42. The van der Waals surface area contributed by atoms with Gasteiger partial charge in [-0.05, 0) is 22.3 Å². The summed E-state index contributed by atoms with van der Waals surface area (Å²) >= 11 is 0. The topological polar surface area (TPSA) is 40.7 Å². The molecule has 5 rings (SSSR count). The highest BCUT2D eigenvalue weighted by atomic mass is 19.1. The van der Waals surface area contributed by atoms with Crippen LogP contribution in [0.25, 0.3) is 0 Å². The lowest BCUT2D eigenvalue weighted by Gasteiger charge is -2.35. The summed E-state index contributed by atoms with van der Waals surface area (Å²) < 4.78 is 14.8. The van der Waals surface area contributed by atoms with E-state index in [-0.39, 0.29) is 0 Å². The molecule has 4 aromatic carbocycles. The van der Waals surface area contributed by atoms with Gasteiger partial charge in [-0.25, -0.2) is 4.98 Å². The molecule has 0 radical (unpaired) electrons. The van der Waals surface area contributed by atoms with Gasteiger partial charge in [-0.15, -0.1) is 0 Å². The molecule has 1 heterocycles. The molecule has 0 unspecified atom stereocenters. The van der Waals surface area contributed by atoms with Crippen molar-refractivity contribution < 1.29 is 4.39 Å². The van der Waals surface area contributed by atoms with Crippen LogP contribution in [0.4, 0.5) is 4.39 Å². The summed E-state index contributed by atoms with van der Waals surface area (Å²) in [6.07, 6.45) is -0.585. The van der Waals surface area contributed by atoms with E-state index in [4.69, 9.17) is 0 Å². The van der Waals surface area contributed by atoms with Gasteiger partial charge < -0.3 is 10.3 Å². The molecule has 0 bridgehead atoms. The number of aromatic nitrogens is 2. The van der Waals surface area contributed by atoms with E-state index >= 15 is 0 Å². The largest absolute Gasteiger partial charge is 0.317 e. The SMILES string of the molecule is Fc1nc(C(c2ccccc2)(c2ccccc2)c2ccccc2)c(CNCc2ccccc2)[nH]1. The normalized spacial score (nSPS) is 11.4. The zero-order valence-corrected chi connectivity index (χ0v) is 18.8. The molecule has 0 aliphatic rings. The van der Waals surface area contributed by atoms with Gasteiger partial charge in [0.05, 0.1) is 16.8 Å². The Morgan fingerprint density at radius 1 is 0.618 bits per heavy atom. The number of hydrogen-bond acceptors (Lipinski definition) is 2. The summed E-state index contributed by atoms with van der Waals surface area (Å²) in [5.74, 6) is 0. The Balaban J connectivity index is 1.68. The average Bonchev–Trinajstić information content (AvgIpc) is 3.27. The van der Waals surface area contributed by atoms with Gasteiger partial charge in [0.1, 0.15) is 0 Å². The van der Waals surface area contributed by atoms with Crippen molar-refractivity contribution in [3.63, 3.8) is 0 Å². The predicted molar refractivity (Wildman–Crippen MR) is 134 cm³/mol. The van der Waals surface area contributed by atoms with Crippen molar-refractivity contribution >= 4 is 0 Å². The molecule has 0 aliphatic carbocycles. The van der Waals surface area contributed by atoms with Crippen LogP contribution in [0, 0.1) is 6.08 Å². The molecular formula is C30H26FN3. The lowest BCUT2D eigenvalue weighted by molar-refractivity contribution is 0.543. The first-order chi connectivity index (χ1) is 16.8. The zero-order chi connectivity index (χ0) is 23.2. The van der Waals surface area contributed by atoms with Crippen molar-refractivity contribution in [3.8, 4) is 0 Å². The first-order valence-electron chi connectivity index (χ1n) is 11.4. The average molecular weight is 448 g/mol. The standard InChI is InChI=1S/C30H26FN3/c31-29-33-27(22-32-21-23-13-5-1-6-14-23)28(34-29)30(24-15-7-2-8-16-24,25-17-9-3-10-18-25)26-19-11-4-12-20-26/h1-20,32H,21-22H2,(H,33,34). The van der Waals surface area contributed by atoms with Crippen molar-refractivity contribution in [2.75, 3.05) is 0 Å². The molecule has 0 fully saturated rings. The minimum absolute atomic E-state index is 0.454. The first-order valence-corrected chi connectivity index (χ1v) is 11.4. The van der Waals surface area contributed by atoms with Gasteiger partial charge >= 0.3 is 0 Å². The summed E-state index contributed by atoms with van der Waals surface area (Å²) in [6, 6.07) is 40.8. The van der Waals surface area contributed by atoms with Crippen molar-refractivity contribution in [2.45, 2.75) is 18.5 Å². The Labute approximate surface area is 199 Å². The summed E-state index contributed by atoms with van der Waals surface area (Å²) in [5, 5.41) is 3.46. The monoisotopic (exact) mass is 447 g/mol. The van der Waals surface area contributed by atoms with Crippen molar-refractivity contribution in [3.05, 3.63) is 161 Å². The number of nitrogens with zero attached hydrogens (tertiary/aromatic N) is 1. The van der Waals surface area contributed by atoms with E-state index < -0.39 is 11.5 Å². The number of H-pyrrole nitrogens is 1. The van der Waals surface area contributed by atoms with Crippen molar-refractivity contribution in [1.29, 1.82) is 0 Å². The summed E-state index contributed by atoms with van der Waals surface area (Å²) in [5.41, 5.74) is 4.87. The van der Waals surface area contributed by atoms with Crippen LogP contribution in [0.2, 0.25) is 0 Å². The second kappa shape index (κ2) is 9.86. The van der Waals surface area contributed by atoms with Crippen LogP contribution in [-0.4, -0.2) is 9.97 Å². The summed E-state index contributed by atoms with van der Waals surface area (Å²) in [6.45, 7) is 1.13. The lowest BCUT2D eigenvalue weighted by atomic mass is 9.66. The van der Waals surface area contributed by atoms with Gasteiger partial charge in [0.15, 0.2) is 0 Å². The van der Waals surface area contributed by atoms with Gasteiger partial charge in [0, 0.05) is 13.1 Å². The molecule has 0 saturated heterocycles. The van der Waals surface area contributed by atoms with Gasteiger partial charge in [0.25, 0.3) is 6.08 Å². The minimum Gasteiger partial charge on any atom is -0.317 e. The van der Waals surface area contributed by atoms with Gasteiger partial charge in [0.2, 0.25) is 0 Å².